The number of fused-ring (bicyclic) bond motifs is 5. The van der Waals surface area contributed by atoms with Crippen molar-refractivity contribution in [3.63, 3.8) is 0 Å². The first-order valence-electron chi connectivity index (χ1n) is 13.5. The Balaban J connectivity index is 1.80. The van der Waals surface area contributed by atoms with Gasteiger partial charge in [0.05, 0.1) is 11.7 Å². The summed E-state index contributed by atoms with van der Waals surface area (Å²) in [7, 11) is 0. The first-order valence-corrected chi connectivity index (χ1v) is 13.5. The summed E-state index contributed by atoms with van der Waals surface area (Å²) in [5.41, 5.74) is -5.46. The molecule has 1 unspecified atom stereocenters. The number of hydrogen-bond donors (Lipinski definition) is 4. The molecule has 37 heavy (non-hydrogen) atoms. The maximum Gasteiger partial charge on any atom is 0.187 e. The SMILES string of the molecule is CC(C)(O)/C=C/C(=O)C(C)(O)[C@H]1[C@H](O)C[C@@]2(C)[C@@H]3CC=C4[C@@H](C[C@H](O)C(=O)C4(C)C)[C@]3(C)C(=O)C[C@]12C. The van der Waals surface area contributed by atoms with Crippen molar-refractivity contribution in [2.24, 2.45) is 39.4 Å². The van der Waals surface area contributed by atoms with Gasteiger partial charge in [-0.05, 0) is 82.6 Å². The molecule has 3 fully saturated rings. The third-order valence-electron chi connectivity index (χ3n) is 11.1. The van der Waals surface area contributed by atoms with Gasteiger partial charge in [-0.3, -0.25) is 14.4 Å². The number of rotatable bonds is 4. The van der Waals surface area contributed by atoms with E-state index < -0.39 is 56.8 Å². The lowest BCUT2D eigenvalue weighted by Crippen LogP contribution is -2.65. The van der Waals surface area contributed by atoms with Crippen LogP contribution in [-0.2, 0) is 14.4 Å². The molecule has 0 aromatic heterocycles. The number of aliphatic hydroxyl groups excluding tert-OH is 2. The molecule has 0 aromatic rings. The molecule has 4 rings (SSSR count). The number of carbonyl (C=O) groups excluding carboxylic acids is 3. The highest BCUT2D eigenvalue weighted by Crippen LogP contribution is 2.74. The van der Waals surface area contributed by atoms with Gasteiger partial charge in [-0.15, -0.1) is 0 Å². The van der Waals surface area contributed by atoms with Crippen molar-refractivity contribution in [2.45, 2.75) is 104 Å². The van der Waals surface area contributed by atoms with Gasteiger partial charge < -0.3 is 20.4 Å². The molecule has 7 heteroatoms. The number of aliphatic hydroxyl groups is 4. The summed E-state index contributed by atoms with van der Waals surface area (Å²) < 4.78 is 0. The van der Waals surface area contributed by atoms with Gasteiger partial charge in [0.2, 0.25) is 0 Å². The Bertz CT molecular complexity index is 1090. The minimum atomic E-state index is -1.95. The number of ketones is 3. The fourth-order valence-corrected chi connectivity index (χ4v) is 9.00. The Kier molecular flexibility index (Phi) is 6.26. The normalized spacial score (nSPS) is 45.1. The zero-order valence-electron chi connectivity index (χ0n) is 23.5. The molecule has 3 saturated carbocycles. The van der Waals surface area contributed by atoms with Crippen molar-refractivity contribution in [2.75, 3.05) is 0 Å². The van der Waals surface area contributed by atoms with Gasteiger partial charge in [0.25, 0.3) is 0 Å². The van der Waals surface area contributed by atoms with E-state index in [2.05, 4.69) is 13.0 Å². The molecule has 0 saturated heterocycles. The minimum Gasteiger partial charge on any atom is -0.393 e. The van der Waals surface area contributed by atoms with Crippen molar-refractivity contribution in [3.05, 3.63) is 23.8 Å². The monoisotopic (exact) mass is 516 g/mol. The Morgan fingerprint density at radius 1 is 1.03 bits per heavy atom. The van der Waals surface area contributed by atoms with Gasteiger partial charge in [-0.25, -0.2) is 0 Å². The van der Waals surface area contributed by atoms with Crippen LogP contribution in [0.1, 0.15) is 81.1 Å². The number of Topliss-reactive ketones (excluding diaryl/α,β-unsaturated/α-hetero) is 2. The molecule has 0 heterocycles. The Labute approximate surface area is 220 Å². The smallest absolute Gasteiger partial charge is 0.187 e. The summed E-state index contributed by atoms with van der Waals surface area (Å²) in [4.78, 5) is 40.2. The van der Waals surface area contributed by atoms with Crippen LogP contribution < -0.4 is 0 Å². The van der Waals surface area contributed by atoms with Crippen molar-refractivity contribution < 1.29 is 34.8 Å². The highest BCUT2D eigenvalue weighted by molar-refractivity contribution is 5.98. The molecule has 0 radical (unpaired) electrons. The Hall–Kier alpha value is -1.67. The van der Waals surface area contributed by atoms with Crippen LogP contribution in [0.2, 0.25) is 0 Å². The first kappa shape index (κ1) is 28.3. The van der Waals surface area contributed by atoms with Crippen LogP contribution in [0.4, 0.5) is 0 Å². The maximum atomic E-state index is 14.2. The molecule has 4 N–H and O–H groups in total. The fraction of sp³-hybridized carbons (Fsp3) is 0.767. The maximum absolute atomic E-state index is 14.2. The Morgan fingerprint density at radius 3 is 2.19 bits per heavy atom. The lowest BCUT2D eigenvalue weighted by molar-refractivity contribution is -0.183. The van der Waals surface area contributed by atoms with Crippen molar-refractivity contribution >= 4 is 17.3 Å². The van der Waals surface area contributed by atoms with Crippen molar-refractivity contribution in [3.8, 4) is 0 Å². The molecule has 0 amide bonds. The Morgan fingerprint density at radius 2 is 1.62 bits per heavy atom. The van der Waals surface area contributed by atoms with Crippen LogP contribution in [0.3, 0.4) is 0 Å². The van der Waals surface area contributed by atoms with E-state index in [9.17, 15) is 34.8 Å². The molecule has 0 bridgehead atoms. The largest absolute Gasteiger partial charge is 0.393 e. The number of allylic oxidation sites excluding steroid dienone is 2. The van der Waals surface area contributed by atoms with E-state index in [0.717, 1.165) is 5.57 Å². The van der Waals surface area contributed by atoms with Crippen molar-refractivity contribution in [1.82, 2.24) is 0 Å². The van der Waals surface area contributed by atoms with E-state index >= 15 is 0 Å². The minimum absolute atomic E-state index is 0.0141. The second kappa shape index (κ2) is 8.17. The molecule has 7 nitrogen and oxygen atoms in total. The van der Waals surface area contributed by atoms with E-state index in [1.165, 1.54) is 32.9 Å². The van der Waals surface area contributed by atoms with E-state index in [1.54, 1.807) is 0 Å². The topological polar surface area (TPSA) is 132 Å². The zero-order valence-corrected chi connectivity index (χ0v) is 23.5. The summed E-state index contributed by atoms with van der Waals surface area (Å²) in [6, 6.07) is 0. The van der Waals surface area contributed by atoms with E-state index in [0.29, 0.717) is 12.8 Å². The van der Waals surface area contributed by atoms with Crippen LogP contribution in [0.25, 0.3) is 0 Å². The number of hydrogen-bond acceptors (Lipinski definition) is 7. The van der Waals surface area contributed by atoms with Crippen LogP contribution in [0.5, 0.6) is 0 Å². The highest BCUT2D eigenvalue weighted by atomic mass is 16.3. The first-order chi connectivity index (χ1) is 16.7. The summed E-state index contributed by atoms with van der Waals surface area (Å²) in [5.74, 6) is -2.24. The summed E-state index contributed by atoms with van der Waals surface area (Å²) >= 11 is 0. The van der Waals surface area contributed by atoms with E-state index in [4.69, 9.17) is 0 Å². The third kappa shape index (κ3) is 3.71. The predicted molar refractivity (Wildman–Crippen MR) is 138 cm³/mol. The zero-order chi connectivity index (χ0) is 28.1. The van der Waals surface area contributed by atoms with Crippen LogP contribution in [-0.4, -0.2) is 61.2 Å². The van der Waals surface area contributed by atoms with Gasteiger partial charge in [0, 0.05) is 23.2 Å². The quantitative estimate of drug-likeness (QED) is 0.334. The van der Waals surface area contributed by atoms with E-state index in [-0.39, 0.29) is 36.2 Å². The second-order valence-electron chi connectivity index (χ2n) is 14.2. The summed E-state index contributed by atoms with van der Waals surface area (Å²) in [6.45, 7) is 14.0. The lowest BCUT2D eigenvalue weighted by Gasteiger charge is -2.64. The van der Waals surface area contributed by atoms with Crippen LogP contribution in [0.15, 0.2) is 23.8 Å². The van der Waals surface area contributed by atoms with Crippen LogP contribution >= 0.6 is 0 Å². The van der Waals surface area contributed by atoms with E-state index in [1.807, 2.05) is 27.7 Å². The second-order valence-corrected chi connectivity index (χ2v) is 14.2. The number of carbonyl (C=O) groups is 3. The molecule has 0 aromatic carbocycles. The van der Waals surface area contributed by atoms with Crippen molar-refractivity contribution in [1.29, 1.82) is 0 Å². The molecular formula is C30H44O7. The van der Waals surface area contributed by atoms with Gasteiger partial charge in [-0.2, -0.15) is 0 Å². The average Bonchev–Trinajstić information content (AvgIpc) is 2.96. The van der Waals surface area contributed by atoms with Gasteiger partial charge in [0.15, 0.2) is 11.6 Å². The van der Waals surface area contributed by atoms with Gasteiger partial charge in [-0.1, -0.05) is 38.5 Å². The molecular weight excluding hydrogens is 472 g/mol. The van der Waals surface area contributed by atoms with Crippen LogP contribution in [0, 0.1) is 39.4 Å². The third-order valence-corrected chi connectivity index (χ3v) is 11.1. The molecule has 4 aliphatic rings. The average molecular weight is 517 g/mol. The van der Waals surface area contributed by atoms with Gasteiger partial charge >= 0.3 is 0 Å². The predicted octanol–water partition coefficient (Wildman–Crippen LogP) is 2.93. The standard InChI is InChI=1S/C30H44O7/c1-25(2,36)12-11-21(33)30(8,37)23-19(32)14-27(5)20-10-9-16-17(13-18(31)24(35)26(16,3)4)29(20,7)22(34)15-28(23,27)6/h9,11-12,17-20,23,31-32,36-37H,10,13-15H2,1-8H3/b12-11+/t17-,18+,19-,20+,23+,27+,28-,29+,30?/m1/s1. The summed E-state index contributed by atoms with van der Waals surface area (Å²) in [6.07, 6.45) is 3.54. The summed E-state index contributed by atoms with van der Waals surface area (Å²) in [5, 5.41) is 43.7. The van der Waals surface area contributed by atoms with Gasteiger partial charge in [0.1, 0.15) is 17.5 Å². The molecule has 0 spiro atoms. The molecule has 9 atom stereocenters. The molecule has 0 aliphatic heterocycles. The molecule has 206 valence electrons. The molecule has 4 aliphatic carbocycles. The fourth-order valence-electron chi connectivity index (χ4n) is 9.00. The lowest BCUT2D eigenvalue weighted by atomic mass is 9.38. The highest BCUT2D eigenvalue weighted by Gasteiger charge is 2.74.